The van der Waals surface area contributed by atoms with Gasteiger partial charge in [0, 0.05) is 44.7 Å². The first-order valence-corrected chi connectivity index (χ1v) is 15.0. The van der Waals surface area contributed by atoms with Gasteiger partial charge in [0.2, 0.25) is 23.7 Å². The van der Waals surface area contributed by atoms with Crippen LogP contribution in [0.1, 0.15) is 64.5 Å². The standard InChI is InChI=1S/C32H44N6O4/c1-5-16-37(19-22(2)3)31(41)21-38-20-25-12-14-26(18-28(25)35-32(38)33-23(4)39)42-17-8-11-30(40)36-29-15-13-24-9-6-7-10-27(24)34-29/h6-7,9-10,12,14,18,22,29,34H,5,8,11,13,15-17,19-21H2,1-4H3,(H,36,40)(H,33,35,39). The SMILES string of the molecule is CCCN(CC(C)C)C(=O)CN1Cc2ccc(OCCCC(=O)NC3CCc4ccccc4N3)cc2N=C1NC(C)=O. The van der Waals surface area contributed by atoms with Crippen LogP contribution in [0.2, 0.25) is 0 Å². The van der Waals surface area contributed by atoms with Crippen molar-refractivity contribution in [1.82, 2.24) is 20.4 Å². The summed E-state index contributed by atoms with van der Waals surface area (Å²) in [6.07, 6.45) is 3.55. The van der Waals surface area contributed by atoms with Crippen LogP contribution < -0.4 is 20.7 Å². The van der Waals surface area contributed by atoms with Gasteiger partial charge in [-0.3, -0.25) is 19.7 Å². The molecule has 2 heterocycles. The predicted molar refractivity (Wildman–Crippen MR) is 165 cm³/mol. The molecule has 2 aromatic carbocycles. The fourth-order valence-electron chi connectivity index (χ4n) is 5.26. The Morgan fingerprint density at radius 2 is 1.98 bits per heavy atom. The second-order valence-electron chi connectivity index (χ2n) is 11.4. The third kappa shape index (κ3) is 8.71. The average molecular weight is 577 g/mol. The molecule has 1 unspecified atom stereocenters. The Morgan fingerprint density at radius 1 is 1.17 bits per heavy atom. The molecule has 0 spiro atoms. The summed E-state index contributed by atoms with van der Waals surface area (Å²) in [6.45, 7) is 10.0. The van der Waals surface area contributed by atoms with E-state index in [4.69, 9.17) is 4.74 Å². The number of nitrogens with zero attached hydrogens (tertiary/aromatic N) is 3. The van der Waals surface area contributed by atoms with Crippen molar-refractivity contribution in [2.75, 3.05) is 31.6 Å². The van der Waals surface area contributed by atoms with Crippen molar-refractivity contribution >= 4 is 35.1 Å². The molecule has 2 aliphatic heterocycles. The molecule has 4 rings (SSSR count). The molecule has 0 bridgehead atoms. The number of ether oxygens (including phenoxy) is 1. The van der Waals surface area contributed by atoms with Crippen molar-refractivity contribution in [2.24, 2.45) is 10.9 Å². The van der Waals surface area contributed by atoms with Crippen molar-refractivity contribution in [3.63, 3.8) is 0 Å². The highest BCUT2D eigenvalue weighted by Gasteiger charge is 2.26. The Balaban J connectivity index is 1.30. The summed E-state index contributed by atoms with van der Waals surface area (Å²) in [6, 6.07) is 13.8. The van der Waals surface area contributed by atoms with Gasteiger partial charge in [0.05, 0.1) is 18.5 Å². The molecule has 226 valence electrons. The number of guanidine groups is 1. The summed E-state index contributed by atoms with van der Waals surface area (Å²) in [7, 11) is 0. The van der Waals surface area contributed by atoms with Gasteiger partial charge in [-0.05, 0) is 54.9 Å². The second-order valence-corrected chi connectivity index (χ2v) is 11.4. The molecule has 3 amide bonds. The fraction of sp³-hybridized carbons (Fsp3) is 0.500. The van der Waals surface area contributed by atoms with Crippen LogP contribution in [0.25, 0.3) is 0 Å². The van der Waals surface area contributed by atoms with E-state index in [1.165, 1.54) is 12.5 Å². The van der Waals surface area contributed by atoms with Gasteiger partial charge < -0.3 is 25.2 Å². The molecule has 42 heavy (non-hydrogen) atoms. The van der Waals surface area contributed by atoms with Gasteiger partial charge in [0.1, 0.15) is 12.3 Å². The Hall–Kier alpha value is -4.08. The lowest BCUT2D eigenvalue weighted by molar-refractivity contribution is -0.132. The zero-order chi connectivity index (χ0) is 30.1. The number of hydrogen-bond donors (Lipinski definition) is 3. The molecule has 0 saturated carbocycles. The first-order valence-electron chi connectivity index (χ1n) is 15.0. The molecule has 0 saturated heterocycles. The van der Waals surface area contributed by atoms with Crippen molar-refractivity contribution in [1.29, 1.82) is 0 Å². The van der Waals surface area contributed by atoms with Gasteiger partial charge >= 0.3 is 0 Å². The number of aryl methyl sites for hydroxylation is 1. The van der Waals surface area contributed by atoms with Crippen molar-refractivity contribution in [2.45, 2.75) is 72.5 Å². The number of carbonyl (C=O) groups is 3. The second kappa shape index (κ2) is 14.7. The summed E-state index contributed by atoms with van der Waals surface area (Å²) >= 11 is 0. The fourth-order valence-corrected chi connectivity index (χ4v) is 5.26. The third-order valence-electron chi connectivity index (χ3n) is 7.19. The first-order chi connectivity index (χ1) is 20.2. The van der Waals surface area contributed by atoms with Crippen molar-refractivity contribution in [3.8, 4) is 5.75 Å². The number of carbonyl (C=O) groups excluding carboxylic acids is 3. The number of amides is 3. The highest BCUT2D eigenvalue weighted by atomic mass is 16.5. The monoisotopic (exact) mass is 576 g/mol. The minimum absolute atomic E-state index is 0.00833. The van der Waals surface area contributed by atoms with Crippen molar-refractivity contribution in [3.05, 3.63) is 53.6 Å². The lowest BCUT2D eigenvalue weighted by atomic mass is 10.0. The molecule has 3 N–H and O–H groups in total. The van der Waals surface area contributed by atoms with E-state index in [0.717, 1.165) is 30.5 Å². The molecule has 10 heteroatoms. The van der Waals surface area contributed by atoms with Crippen LogP contribution >= 0.6 is 0 Å². The van der Waals surface area contributed by atoms with E-state index < -0.39 is 0 Å². The Labute approximate surface area is 248 Å². The molecule has 0 fully saturated rings. The Kier molecular flexibility index (Phi) is 10.8. The molecule has 0 radical (unpaired) electrons. The third-order valence-corrected chi connectivity index (χ3v) is 7.19. The quantitative estimate of drug-likeness (QED) is 0.327. The van der Waals surface area contributed by atoms with Gasteiger partial charge in [0.25, 0.3) is 0 Å². The van der Waals surface area contributed by atoms with Crippen molar-refractivity contribution < 1.29 is 19.1 Å². The highest BCUT2D eigenvalue weighted by Crippen LogP contribution is 2.30. The summed E-state index contributed by atoms with van der Waals surface area (Å²) in [5.74, 6) is 1.12. The van der Waals surface area contributed by atoms with Crippen LogP contribution in [0.5, 0.6) is 5.75 Å². The molecule has 0 aliphatic carbocycles. The first kappa shape index (κ1) is 30.9. The lowest BCUT2D eigenvalue weighted by Crippen LogP contribution is -2.49. The minimum atomic E-state index is -0.249. The summed E-state index contributed by atoms with van der Waals surface area (Å²) < 4.78 is 5.94. The number of aliphatic imine (C=N–C) groups is 1. The maximum Gasteiger partial charge on any atom is 0.242 e. The maximum absolute atomic E-state index is 13.2. The molecule has 0 aromatic heterocycles. The Bertz CT molecular complexity index is 1290. The zero-order valence-electron chi connectivity index (χ0n) is 25.2. The number of nitrogens with one attached hydrogen (secondary N) is 3. The summed E-state index contributed by atoms with van der Waals surface area (Å²) in [5.41, 5.74) is 3.98. The molecule has 2 aromatic rings. The topological polar surface area (TPSA) is 115 Å². The number of fused-ring (bicyclic) bond motifs is 2. The molecule has 10 nitrogen and oxygen atoms in total. The van der Waals surface area contributed by atoms with E-state index in [0.29, 0.717) is 62.4 Å². The number of rotatable bonds is 12. The van der Waals surface area contributed by atoms with Crippen LogP contribution in [-0.2, 0) is 27.3 Å². The van der Waals surface area contributed by atoms with Gasteiger partial charge in [-0.2, -0.15) is 0 Å². The number of anilines is 1. The molecular weight excluding hydrogens is 532 g/mol. The predicted octanol–water partition coefficient (Wildman–Crippen LogP) is 4.18. The average Bonchev–Trinajstić information content (AvgIpc) is 2.95. The number of hydrogen-bond acceptors (Lipinski definition) is 7. The largest absolute Gasteiger partial charge is 0.494 e. The summed E-state index contributed by atoms with van der Waals surface area (Å²) in [5, 5.41) is 9.25. The van der Waals surface area contributed by atoms with Gasteiger partial charge in [-0.15, -0.1) is 0 Å². The highest BCUT2D eigenvalue weighted by molar-refractivity contribution is 5.99. The van der Waals surface area contributed by atoms with Crippen LogP contribution in [-0.4, -0.2) is 65.9 Å². The minimum Gasteiger partial charge on any atom is -0.494 e. The van der Waals surface area contributed by atoms with E-state index in [-0.39, 0.29) is 30.4 Å². The van der Waals surface area contributed by atoms with Crippen LogP contribution in [0.15, 0.2) is 47.5 Å². The summed E-state index contributed by atoms with van der Waals surface area (Å²) in [4.78, 5) is 46.0. The number of benzene rings is 2. The molecule has 1 atom stereocenters. The van der Waals surface area contributed by atoms with E-state index in [1.54, 1.807) is 0 Å². The van der Waals surface area contributed by atoms with Crippen LogP contribution in [0.3, 0.4) is 0 Å². The maximum atomic E-state index is 13.2. The van der Waals surface area contributed by atoms with Gasteiger partial charge in [-0.1, -0.05) is 45.0 Å². The lowest BCUT2D eigenvalue weighted by Gasteiger charge is -2.32. The van der Waals surface area contributed by atoms with Crippen LogP contribution in [0, 0.1) is 5.92 Å². The smallest absolute Gasteiger partial charge is 0.242 e. The van der Waals surface area contributed by atoms with Crippen LogP contribution in [0.4, 0.5) is 11.4 Å². The molecular formula is C32H44N6O4. The van der Waals surface area contributed by atoms with E-state index in [1.807, 2.05) is 46.2 Å². The normalized spacial score (nSPS) is 15.6. The Morgan fingerprint density at radius 3 is 2.74 bits per heavy atom. The van der Waals surface area contributed by atoms with Gasteiger partial charge in [0.15, 0.2) is 0 Å². The zero-order valence-corrected chi connectivity index (χ0v) is 25.2. The van der Waals surface area contributed by atoms with Gasteiger partial charge in [-0.25, -0.2) is 4.99 Å². The van der Waals surface area contributed by atoms with E-state index in [9.17, 15) is 14.4 Å². The number of para-hydroxylation sites is 1. The molecule has 2 aliphatic rings. The van der Waals surface area contributed by atoms with E-state index >= 15 is 0 Å². The van der Waals surface area contributed by atoms with E-state index in [2.05, 4.69) is 47.8 Å².